The SMILES string of the molecule is [c]1c(-c2nccs2)ccc2ccccc12. The van der Waals surface area contributed by atoms with Crippen molar-refractivity contribution in [2.24, 2.45) is 0 Å². The zero-order chi connectivity index (χ0) is 10.1. The van der Waals surface area contributed by atoms with Crippen molar-refractivity contribution in [1.82, 2.24) is 4.98 Å². The van der Waals surface area contributed by atoms with E-state index in [0.717, 1.165) is 16.0 Å². The minimum absolute atomic E-state index is 1.03. The molecule has 1 heterocycles. The Morgan fingerprint density at radius 3 is 2.87 bits per heavy atom. The van der Waals surface area contributed by atoms with Gasteiger partial charge in [-0.2, -0.15) is 0 Å². The molecular formula is C13H8NS. The van der Waals surface area contributed by atoms with Crippen LogP contribution in [-0.4, -0.2) is 4.98 Å². The summed E-state index contributed by atoms with van der Waals surface area (Å²) in [6.07, 6.45) is 1.82. The number of hydrogen-bond acceptors (Lipinski definition) is 2. The van der Waals surface area contributed by atoms with E-state index in [-0.39, 0.29) is 0 Å². The van der Waals surface area contributed by atoms with Crippen LogP contribution in [0.2, 0.25) is 0 Å². The van der Waals surface area contributed by atoms with E-state index in [2.05, 4.69) is 35.3 Å². The molecule has 0 saturated heterocycles. The standard InChI is InChI=1S/C13H8NS/c1-2-4-11-9-12(6-5-10(11)3-1)13-14-7-8-15-13/h1-8H. The average Bonchev–Trinajstić information content (AvgIpc) is 2.82. The van der Waals surface area contributed by atoms with Crippen molar-refractivity contribution in [3.05, 3.63) is 54.0 Å². The molecular weight excluding hydrogens is 202 g/mol. The van der Waals surface area contributed by atoms with Gasteiger partial charge in [0.25, 0.3) is 0 Å². The lowest BCUT2D eigenvalue weighted by atomic mass is 10.1. The van der Waals surface area contributed by atoms with Crippen LogP contribution in [0.1, 0.15) is 0 Å². The monoisotopic (exact) mass is 210 g/mol. The molecule has 1 nitrogen and oxygen atoms in total. The Morgan fingerprint density at radius 1 is 1.07 bits per heavy atom. The Hall–Kier alpha value is -1.67. The van der Waals surface area contributed by atoms with Crippen LogP contribution in [0.15, 0.2) is 48.0 Å². The molecule has 0 fully saturated rings. The normalized spacial score (nSPS) is 10.7. The van der Waals surface area contributed by atoms with Gasteiger partial charge < -0.3 is 0 Å². The minimum Gasteiger partial charge on any atom is -0.245 e. The van der Waals surface area contributed by atoms with Gasteiger partial charge in [0.2, 0.25) is 0 Å². The van der Waals surface area contributed by atoms with Crippen LogP contribution in [0, 0.1) is 6.07 Å². The van der Waals surface area contributed by atoms with Gasteiger partial charge in [0.15, 0.2) is 0 Å². The van der Waals surface area contributed by atoms with Crippen molar-refractivity contribution in [3.8, 4) is 10.6 Å². The fraction of sp³-hybridized carbons (Fsp3) is 0. The van der Waals surface area contributed by atoms with E-state index in [1.165, 1.54) is 5.39 Å². The molecule has 0 unspecified atom stereocenters. The van der Waals surface area contributed by atoms with E-state index in [1.54, 1.807) is 11.3 Å². The first-order valence-corrected chi connectivity index (χ1v) is 5.62. The summed E-state index contributed by atoms with van der Waals surface area (Å²) in [5.41, 5.74) is 1.07. The third kappa shape index (κ3) is 1.53. The summed E-state index contributed by atoms with van der Waals surface area (Å²) < 4.78 is 0. The summed E-state index contributed by atoms with van der Waals surface area (Å²) in [7, 11) is 0. The second kappa shape index (κ2) is 3.48. The van der Waals surface area contributed by atoms with Crippen LogP contribution in [0.3, 0.4) is 0 Å². The zero-order valence-corrected chi connectivity index (χ0v) is 8.79. The van der Waals surface area contributed by atoms with Crippen molar-refractivity contribution in [1.29, 1.82) is 0 Å². The number of benzene rings is 2. The van der Waals surface area contributed by atoms with Crippen molar-refractivity contribution in [2.45, 2.75) is 0 Å². The quantitative estimate of drug-likeness (QED) is 0.596. The van der Waals surface area contributed by atoms with E-state index in [9.17, 15) is 0 Å². The smallest absolute Gasteiger partial charge is 0.123 e. The predicted molar refractivity (Wildman–Crippen MR) is 63.9 cm³/mol. The van der Waals surface area contributed by atoms with E-state index < -0.39 is 0 Å². The fourth-order valence-corrected chi connectivity index (χ4v) is 2.22. The number of rotatable bonds is 1. The number of nitrogens with zero attached hydrogens (tertiary/aromatic N) is 1. The van der Waals surface area contributed by atoms with Gasteiger partial charge in [0.1, 0.15) is 5.01 Å². The average molecular weight is 210 g/mol. The maximum absolute atomic E-state index is 4.28. The highest BCUT2D eigenvalue weighted by Crippen LogP contribution is 2.24. The summed E-state index contributed by atoms with van der Waals surface area (Å²) in [5.74, 6) is 0. The number of aromatic nitrogens is 1. The molecule has 0 amide bonds. The second-order valence-electron chi connectivity index (χ2n) is 3.30. The van der Waals surface area contributed by atoms with Crippen LogP contribution >= 0.6 is 11.3 Å². The summed E-state index contributed by atoms with van der Waals surface area (Å²) >= 11 is 1.64. The molecule has 15 heavy (non-hydrogen) atoms. The van der Waals surface area contributed by atoms with Crippen LogP contribution in [0.4, 0.5) is 0 Å². The lowest BCUT2D eigenvalue weighted by Gasteiger charge is -1.99. The van der Waals surface area contributed by atoms with Gasteiger partial charge in [-0.25, -0.2) is 4.98 Å². The van der Waals surface area contributed by atoms with Crippen LogP contribution < -0.4 is 0 Å². The molecule has 71 valence electrons. The second-order valence-corrected chi connectivity index (χ2v) is 4.19. The molecule has 0 aliphatic heterocycles. The molecule has 1 radical (unpaired) electrons. The van der Waals surface area contributed by atoms with Crippen molar-refractivity contribution in [2.75, 3.05) is 0 Å². The number of thiazole rings is 1. The predicted octanol–water partition coefficient (Wildman–Crippen LogP) is 3.76. The van der Waals surface area contributed by atoms with E-state index >= 15 is 0 Å². The molecule has 1 aromatic heterocycles. The van der Waals surface area contributed by atoms with E-state index in [1.807, 2.05) is 23.7 Å². The summed E-state index contributed by atoms with van der Waals surface area (Å²) in [4.78, 5) is 4.28. The lowest BCUT2D eigenvalue weighted by Crippen LogP contribution is -1.77. The molecule has 2 aromatic carbocycles. The highest BCUT2D eigenvalue weighted by Gasteiger charge is 2.01. The molecule has 0 saturated carbocycles. The van der Waals surface area contributed by atoms with Crippen molar-refractivity contribution < 1.29 is 0 Å². The minimum atomic E-state index is 1.03. The highest BCUT2D eigenvalue weighted by molar-refractivity contribution is 7.13. The Labute approximate surface area is 92.0 Å². The van der Waals surface area contributed by atoms with Crippen LogP contribution in [-0.2, 0) is 0 Å². The third-order valence-corrected chi connectivity index (χ3v) is 3.13. The van der Waals surface area contributed by atoms with Gasteiger partial charge in [0.05, 0.1) is 0 Å². The Kier molecular flexibility index (Phi) is 2.00. The summed E-state index contributed by atoms with van der Waals surface area (Å²) in [5, 5.41) is 5.38. The molecule has 3 rings (SSSR count). The number of fused-ring (bicyclic) bond motifs is 1. The Morgan fingerprint density at radius 2 is 2.00 bits per heavy atom. The van der Waals surface area contributed by atoms with Crippen LogP contribution in [0.25, 0.3) is 21.3 Å². The van der Waals surface area contributed by atoms with E-state index in [0.29, 0.717) is 0 Å². The van der Waals surface area contributed by atoms with Crippen LogP contribution in [0.5, 0.6) is 0 Å². The molecule has 2 heteroatoms. The summed E-state index contributed by atoms with van der Waals surface area (Å²) in [6.45, 7) is 0. The van der Waals surface area contributed by atoms with Gasteiger partial charge in [-0.15, -0.1) is 11.3 Å². The summed E-state index contributed by atoms with van der Waals surface area (Å²) in [6, 6.07) is 15.8. The third-order valence-electron chi connectivity index (χ3n) is 2.32. The van der Waals surface area contributed by atoms with Crippen molar-refractivity contribution in [3.63, 3.8) is 0 Å². The largest absolute Gasteiger partial charge is 0.245 e. The van der Waals surface area contributed by atoms with Gasteiger partial charge in [-0.3, -0.25) is 0 Å². The molecule has 3 aromatic rings. The first-order chi connectivity index (χ1) is 7.43. The number of hydrogen-bond donors (Lipinski definition) is 0. The highest BCUT2D eigenvalue weighted by atomic mass is 32.1. The van der Waals surface area contributed by atoms with Gasteiger partial charge in [0, 0.05) is 23.2 Å². The zero-order valence-electron chi connectivity index (χ0n) is 7.97. The molecule has 0 aliphatic carbocycles. The molecule has 0 spiro atoms. The fourth-order valence-electron chi connectivity index (χ4n) is 1.60. The maximum Gasteiger partial charge on any atom is 0.123 e. The molecule has 0 aliphatic rings. The van der Waals surface area contributed by atoms with Crippen molar-refractivity contribution >= 4 is 22.1 Å². The Bertz CT molecular complexity index is 584. The molecule has 0 bridgehead atoms. The first-order valence-electron chi connectivity index (χ1n) is 4.74. The first kappa shape index (κ1) is 8.62. The lowest BCUT2D eigenvalue weighted by molar-refractivity contribution is 1.42. The van der Waals surface area contributed by atoms with Gasteiger partial charge >= 0.3 is 0 Å². The maximum atomic E-state index is 4.28. The Balaban J connectivity index is 2.22. The molecule has 0 N–H and O–H groups in total. The molecule has 0 atom stereocenters. The van der Waals surface area contributed by atoms with Gasteiger partial charge in [-0.1, -0.05) is 36.4 Å². The topological polar surface area (TPSA) is 12.9 Å². The van der Waals surface area contributed by atoms with E-state index in [4.69, 9.17) is 0 Å². The van der Waals surface area contributed by atoms with Gasteiger partial charge in [-0.05, 0) is 10.8 Å².